The molecule has 0 radical (unpaired) electrons. The van der Waals surface area contributed by atoms with E-state index in [0.717, 1.165) is 11.1 Å². The van der Waals surface area contributed by atoms with Crippen LogP contribution >= 0.6 is 0 Å². The lowest BCUT2D eigenvalue weighted by atomic mass is 10.1. The molecule has 0 spiro atoms. The Hall–Kier alpha value is -2.93. The lowest BCUT2D eigenvalue weighted by Gasteiger charge is -2.04. The van der Waals surface area contributed by atoms with E-state index in [2.05, 4.69) is 10.3 Å². The molecule has 0 aliphatic heterocycles. The van der Waals surface area contributed by atoms with Crippen molar-refractivity contribution < 1.29 is 4.79 Å². The average molecular weight is 263 g/mol. The van der Waals surface area contributed by atoms with Crippen molar-refractivity contribution in [2.75, 3.05) is 5.32 Å². The SMILES string of the molecule is Cc1ccc(NC(=O)/C(C#N)=C/c2ccncc2)cc1. The standard InChI is InChI=1S/C16H13N3O/c1-12-2-4-15(5-3-12)19-16(20)14(11-17)10-13-6-8-18-9-7-13/h2-10H,1H3,(H,19,20)/b14-10+. The van der Waals surface area contributed by atoms with E-state index in [4.69, 9.17) is 5.26 Å². The van der Waals surface area contributed by atoms with E-state index in [1.165, 1.54) is 6.08 Å². The van der Waals surface area contributed by atoms with Crippen LogP contribution in [0.25, 0.3) is 6.08 Å². The number of aromatic nitrogens is 1. The van der Waals surface area contributed by atoms with Crippen LogP contribution in [0.5, 0.6) is 0 Å². The van der Waals surface area contributed by atoms with Gasteiger partial charge in [0.25, 0.3) is 5.91 Å². The van der Waals surface area contributed by atoms with Gasteiger partial charge >= 0.3 is 0 Å². The highest BCUT2D eigenvalue weighted by Gasteiger charge is 2.09. The number of aryl methyl sites for hydroxylation is 1. The fourth-order valence-corrected chi connectivity index (χ4v) is 1.61. The molecule has 0 saturated heterocycles. The molecule has 0 aliphatic carbocycles. The summed E-state index contributed by atoms with van der Waals surface area (Å²) < 4.78 is 0. The number of rotatable bonds is 3. The van der Waals surface area contributed by atoms with Crippen molar-refractivity contribution in [1.82, 2.24) is 4.98 Å². The summed E-state index contributed by atoms with van der Waals surface area (Å²) in [5.74, 6) is -0.423. The second-order valence-electron chi connectivity index (χ2n) is 4.27. The fraction of sp³-hybridized carbons (Fsp3) is 0.0625. The van der Waals surface area contributed by atoms with Gasteiger partial charge in [-0.05, 0) is 42.8 Å². The minimum atomic E-state index is -0.423. The highest BCUT2D eigenvalue weighted by atomic mass is 16.1. The van der Waals surface area contributed by atoms with Crippen molar-refractivity contribution in [3.63, 3.8) is 0 Å². The Morgan fingerprint density at radius 3 is 2.45 bits per heavy atom. The number of nitrogens with zero attached hydrogens (tertiary/aromatic N) is 2. The summed E-state index contributed by atoms with van der Waals surface area (Å²) in [5.41, 5.74) is 2.58. The van der Waals surface area contributed by atoms with Crippen LogP contribution in [0.4, 0.5) is 5.69 Å². The number of carbonyl (C=O) groups is 1. The van der Waals surface area contributed by atoms with Gasteiger partial charge in [-0.15, -0.1) is 0 Å². The van der Waals surface area contributed by atoms with Gasteiger partial charge in [0.2, 0.25) is 0 Å². The first-order valence-electron chi connectivity index (χ1n) is 6.09. The third-order valence-corrected chi connectivity index (χ3v) is 2.69. The zero-order valence-corrected chi connectivity index (χ0v) is 11.0. The van der Waals surface area contributed by atoms with Gasteiger partial charge in [-0.25, -0.2) is 0 Å². The summed E-state index contributed by atoms with van der Waals surface area (Å²) >= 11 is 0. The molecule has 1 aromatic heterocycles. The molecule has 1 aromatic carbocycles. The number of anilines is 1. The smallest absolute Gasteiger partial charge is 0.266 e. The molecular formula is C16H13N3O. The van der Waals surface area contributed by atoms with Gasteiger partial charge in [0, 0.05) is 18.1 Å². The van der Waals surface area contributed by atoms with E-state index in [-0.39, 0.29) is 5.57 Å². The molecule has 1 N–H and O–H groups in total. The van der Waals surface area contributed by atoms with Gasteiger partial charge in [0.05, 0.1) is 0 Å². The van der Waals surface area contributed by atoms with Crippen LogP contribution in [0.15, 0.2) is 54.4 Å². The maximum atomic E-state index is 12.0. The molecule has 0 aliphatic rings. The number of pyridine rings is 1. The molecular weight excluding hydrogens is 250 g/mol. The fourth-order valence-electron chi connectivity index (χ4n) is 1.61. The van der Waals surface area contributed by atoms with E-state index >= 15 is 0 Å². The molecule has 0 fully saturated rings. The first kappa shape index (κ1) is 13.5. The zero-order valence-electron chi connectivity index (χ0n) is 11.0. The van der Waals surface area contributed by atoms with E-state index in [0.29, 0.717) is 5.69 Å². The molecule has 20 heavy (non-hydrogen) atoms. The lowest BCUT2D eigenvalue weighted by Crippen LogP contribution is -2.13. The Kier molecular flexibility index (Phi) is 4.25. The van der Waals surface area contributed by atoms with Gasteiger partial charge in [-0.1, -0.05) is 17.7 Å². The van der Waals surface area contributed by atoms with Crippen LogP contribution in [0.3, 0.4) is 0 Å². The van der Waals surface area contributed by atoms with Crippen molar-refractivity contribution >= 4 is 17.7 Å². The van der Waals surface area contributed by atoms with E-state index in [9.17, 15) is 4.79 Å². The molecule has 2 rings (SSSR count). The summed E-state index contributed by atoms with van der Waals surface area (Å²) in [6.07, 6.45) is 4.75. The summed E-state index contributed by atoms with van der Waals surface area (Å²) in [4.78, 5) is 15.9. The van der Waals surface area contributed by atoms with Crippen molar-refractivity contribution in [1.29, 1.82) is 5.26 Å². The van der Waals surface area contributed by atoms with Gasteiger partial charge < -0.3 is 5.32 Å². The maximum Gasteiger partial charge on any atom is 0.266 e. The average Bonchev–Trinajstić information content (AvgIpc) is 2.48. The monoisotopic (exact) mass is 263 g/mol. The van der Waals surface area contributed by atoms with E-state index in [1.54, 1.807) is 36.7 Å². The molecule has 0 bridgehead atoms. The summed E-state index contributed by atoms with van der Waals surface area (Å²) in [6, 6.07) is 12.8. The molecule has 4 heteroatoms. The predicted molar refractivity (Wildman–Crippen MR) is 77.6 cm³/mol. The van der Waals surface area contributed by atoms with Gasteiger partial charge in [-0.3, -0.25) is 9.78 Å². The van der Waals surface area contributed by atoms with Crippen LogP contribution in [-0.2, 0) is 4.79 Å². The topological polar surface area (TPSA) is 65.8 Å². The summed E-state index contributed by atoms with van der Waals surface area (Å²) in [7, 11) is 0. The Balaban J connectivity index is 2.16. The Morgan fingerprint density at radius 2 is 1.85 bits per heavy atom. The molecule has 1 amide bonds. The van der Waals surface area contributed by atoms with E-state index < -0.39 is 5.91 Å². The number of benzene rings is 1. The number of amides is 1. The van der Waals surface area contributed by atoms with Crippen LogP contribution in [-0.4, -0.2) is 10.9 Å². The third-order valence-electron chi connectivity index (χ3n) is 2.69. The van der Waals surface area contributed by atoms with Gasteiger partial charge in [0.15, 0.2) is 0 Å². The number of nitrogens with one attached hydrogen (secondary N) is 1. The van der Waals surface area contributed by atoms with Crippen LogP contribution in [0.2, 0.25) is 0 Å². The molecule has 0 unspecified atom stereocenters. The predicted octanol–water partition coefficient (Wildman–Crippen LogP) is 2.94. The molecule has 98 valence electrons. The highest BCUT2D eigenvalue weighted by Crippen LogP contribution is 2.11. The molecule has 1 heterocycles. The minimum absolute atomic E-state index is 0.0526. The van der Waals surface area contributed by atoms with E-state index in [1.807, 2.05) is 25.1 Å². The van der Waals surface area contributed by atoms with Gasteiger partial charge in [-0.2, -0.15) is 5.26 Å². The molecule has 2 aromatic rings. The number of hydrogen-bond donors (Lipinski definition) is 1. The van der Waals surface area contributed by atoms with Gasteiger partial charge in [0.1, 0.15) is 11.6 Å². The lowest BCUT2D eigenvalue weighted by molar-refractivity contribution is -0.112. The second kappa shape index (κ2) is 6.30. The number of carbonyl (C=O) groups excluding carboxylic acids is 1. The number of hydrogen-bond acceptors (Lipinski definition) is 3. The Bertz CT molecular complexity index is 667. The first-order valence-corrected chi connectivity index (χ1v) is 6.09. The normalized spacial score (nSPS) is 10.7. The second-order valence-corrected chi connectivity index (χ2v) is 4.27. The number of nitriles is 1. The molecule has 4 nitrogen and oxygen atoms in total. The van der Waals surface area contributed by atoms with Crippen molar-refractivity contribution in [3.8, 4) is 6.07 Å². The third kappa shape index (κ3) is 3.53. The molecule has 0 atom stereocenters. The van der Waals surface area contributed by atoms with Crippen molar-refractivity contribution in [2.24, 2.45) is 0 Å². The van der Waals surface area contributed by atoms with Crippen molar-refractivity contribution in [2.45, 2.75) is 6.92 Å². The Morgan fingerprint density at radius 1 is 1.20 bits per heavy atom. The maximum absolute atomic E-state index is 12.0. The first-order chi connectivity index (χ1) is 9.69. The summed E-state index contributed by atoms with van der Waals surface area (Å²) in [6.45, 7) is 1.97. The zero-order chi connectivity index (χ0) is 14.4. The van der Waals surface area contributed by atoms with Crippen LogP contribution in [0.1, 0.15) is 11.1 Å². The molecule has 0 saturated carbocycles. The summed E-state index contributed by atoms with van der Waals surface area (Å²) in [5, 5.41) is 11.8. The largest absolute Gasteiger partial charge is 0.321 e. The van der Waals surface area contributed by atoms with Crippen LogP contribution in [0, 0.1) is 18.3 Å². The van der Waals surface area contributed by atoms with Crippen LogP contribution < -0.4 is 5.32 Å². The Labute approximate surface area is 117 Å². The highest BCUT2D eigenvalue weighted by molar-refractivity contribution is 6.09. The quantitative estimate of drug-likeness (QED) is 0.684. The van der Waals surface area contributed by atoms with Crippen molar-refractivity contribution in [3.05, 3.63) is 65.5 Å². The minimum Gasteiger partial charge on any atom is -0.321 e.